The fourth-order valence-corrected chi connectivity index (χ4v) is 8.84. The van der Waals surface area contributed by atoms with Crippen LogP contribution in [0.25, 0.3) is 44.2 Å². The third-order valence-electron chi connectivity index (χ3n) is 11.8. The largest absolute Gasteiger partial charge is 0.334 e. The van der Waals surface area contributed by atoms with E-state index in [2.05, 4.69) is 247 Å². The Morgan fingerprint density at radius 1 is 0.458 bits per heavy atom. The highest BCUT2D eigenvalue weighted by atomic mass is 15.2. The zero-order chi connectivity index (χ0) is 39.7. The maximum absolute atomic E-state index is 2.49. The lowest BCUT2D eigenvalue weighted by Crippen LogP contribution is -2.30. The molecule has 1 heterocycles. The summed E-state index contributed by atoms with van der Waals surface area (Å²) in [4.78, 5) is 4.85. The monoisotopic (exact) mass is 759 g/mol. The molecule has 0 N–H and O–H groups in total. The van der Waals surface area contributed by atoms with Crippen LogP contribution in [0.2, 0.25) is 0 Å². The maximum atomic E-state index is 2.49. The Kier molecular flexibility index (Phi) is 9.48. The summed E-state index contributed by atoms with van der Waals surface area (Å²) in [5.74, 6) is 0. The molecular weight excluding hydrogens is 715 g/mol. The predicted molar refractivity (Wildman–Crippen MR) is 251 cm³/mol. The van der Waals surface area contributed by atoms with E-state index in [0.29, 0.717) is 0 Å². The van der Waals surface area contributed by atoms with Crippen molar-refractivity contribution in [1.82, 2.24) is 4.57 Å². The molecule has 1 aliphatic rings. The molecule has 0 spiro atoms. The SMILES string of the molecule is Cc1ccccc1-c1cc(N(c2ccccc2)C2C=CC(c3ccc(N(c4ccccc4)c4ccc5c(c4)c4ccccc4n5-c4ccccc4)cc3)=CC2)ccc1C. The number of hydrogen-bond acceptors (Lipinski definition) is 2. The van der Waals surface area contributed by atoms with E-state index in [1.165, 1.54) is 66.6 Å². The highest BCUT2D eigenvalue weighted by Crippen LogP contribution is 2.41. The van der Waals surface area contributed by atoms with Gasteiger partial charge in [-0.15, -0.1) is 0 Å². The van der Waals surface area contributed by atoms with Crippen LogP contribution in [0.4, 0.5) is 28.4 Å². The van der Waals surface area contributed by atoms with Crippen molar-refractivity contribution in [2.45, 2.75) is 26.3 Å². The summed E-state index contributed by atoms with van der Waals surface area (Å²) in [5.41, 5.74) is 16.9. The minimum Gasteiger partial charge on any atom is -0.334 e. The molecule has 0 aliphatic heterocycles. The smallest absolute Gasteiger partial charge is 0.0560 e. The topological polar surface area (TPSA) is 11.4 Å². The van der Waals surface area contributed by atoms with Gasteiger partial charge in [0.05, 0.1) is 17.1 Å². The number of para-hydroxylation sites is 4. The molecule has 1 unspecified atom stereocenters. The second-order valence-corrected chi connectivity index (χ2v) is 15.4. The standard InChI is InChI=1S/C56H45N3/c1-40-16-12-13-23-51(40)53-38-49(31-26-41(53)2)57(44-17-6-3-7-18-44)47-32-27-42(28-33-47)43-29-34-48(35-30-43)58(45-19-8-4-9-20-45)50-36-37-56-54(39-50)52-24-14-15-25-55(52)59(56)46-21-10-5-11-22-46/h3-32,34-39,47H,33H2,1-2H3. The van der Waals surface area contributed by atoms with Crippen molar-refractivity contribution in [3.8, 4) is 16.8 Å². The molecule has 0 radical (unpaired) electrons. The Morgan fingerprint density at radius 3 is 1.78 bits per heavy atom. The summed E-state index contributed by atoms with van der Waals surface area (Å²) in [6.45, 7) is 4.41. The van der Waals surface area contributed by atoms with Crippen LogP contribution in [-0.4, -0.2) is 10.6 Å². The number of benzene rings is 8. The first-order valence-electron chi connectivity index (χ1n) is 20.5. The van der Waals surface area contributed by atoms with E-state index in [0.717, 1.165) is 29.2 Å². The van der Waals surface area contributed by atoms with Gasteiger partial charge in [0.15, 0.2) is 0 Å². The summed E-state index contributed by atoms with van der Waals surface area (Å²) in [7, 11) is 0. The van der Waals surface area contributed by atoms with E-state index >= 15 is 0 Å². The molecule has 0 bridgehead atoms. The molecule has 0 saturated heterocycles. The molecule has 0 saturated carbocycles. The Balaban J connectivity index is 0.970. The Morgan fingerprint density at radius 2 is 1.05 bits per heavy atom. The number of rotatable bonds is 9. The van der Waals surface area contributed by atoms with Crippen molar-refractivity contribution in [2.24, 2.45) is 0 Å². The molecule has 10 rings (SSSR count). The third kappa shape index (κ3) is 6.81. The fraction of sp³-hybridized carbons (Fsp3) is 0.0714. The van der Waals surface area contributed by atoms with Crippen molar-refractivity contribution < 1.29 is 0 Å². The second-order valence-electron chi connectivity index (χ2n) is 15.4. The van der Waals surface area contributed by atoms with Crippen LogP contribution >= 0.6 is 0 Å². The van der Waals surface area contributed by atoms with Gasteiger partial charge in [0.25, 0.3) is 0 Å². The van der Waals surface area contributed by atoms with Gasteiger partial charge in [0.2, 0.25) is 0 Å². The minimum absolute atomic E-state index is 0.171. The van der Waals surface area contributed by atoms with E-state index in [1.54, 1.807) is 0 Å². The fourth-order valence-electron chi connectivity index (χ4n) is 8.84. The lowest BCUT2D eigenvalue weighted by atomic mass is 9.93. The van der Waals surface area contributed by atoms with Crippen molar-refractivity contribution >= 4 is 55.8 Å². The number of aromatic nitrogens is 1. The average Bonchev–Trinajstić information content (AvgIpc) is 3.63. The maximum Gasteiger partial charge on any atom is 0.0560 e. The summed E-state index contributed by atoms with van der Waals surface area (Å²) >= 11 is 0. The Labute approximate surface area is 347 Å². The van der Waals surface area contributed by atoms with Crippen LogP contribution in [0.1, 0.15) is 23.1 Å². The second kappa shape index (κ2) is 15.5. The lowest BCUT2D eigenvalue weighted by Gasteiger charge is -2.34. The van der Waals surface area contributed by atoms with Crippen molar-refractivity contribution in [3.63, 3.8) is 0 Å². The van der Waals surface area contributed by atoms with Crippen LogP contribution in [-0.2, 0) is 0 Å². The van der Waals surface area contributed by atoms with E-state index in [-0.39, 0.29) is 6.04 Å². The summed E-state index contributed by atoms with van der Waals surface area (Å²) in [6, 6.07) is 72.5. The molecule has 8 aromatic carbocycles. The number of fused-ring (bicyclic) bond motifs is 3. The average molecular weight is 760 g/mol. The third-order valence-corrected chi connectivity index (χ3v) is 11.8. The molecule has 3 nitrogen and oxygen atoms in total. The number of anilines is 5. The van der Waals surface area contributed by atoms with Crippen LogP contribution in [0, 0.1) is 13.8 Å². The first-order valence-corrected chi connectivity index (χ1v) is 20.5. The molecule has 0 fully saturated rings. The van der Waals surface area contributed by atoms with Crippen LogP contribution in [0.3, 0.4) is 0 Å². The quantitative estimate of drug-likeness (QED) is 0.145. The molecule has 284 valence electrons. The molecule has 0 amide bonds. The molecule has 59 heavy (non-hydrogen) atoms. The number of nitrogens with zero attached hydrogens (tertiary/aromatic N) is 3. The van der Waals surface area contributed by atoms with Gasteiger partial charge in [-0.1, -0.05) is 133 Å². The van der Waals surface area contributed by atoms with Crippen molar-refractivity contribution in [3.05, 3.63) is 235 Å². The van der Waals surface area contributed by atoms with Crippen LogP contribution in [0.5, 0.6) is 0 Å². The highest BCUT2D eigenvalue weighted by Gasteiger charge is 2.23. The summed E-state index contributed by atoms with van der Waals surface area (Å²) < 4.78 is 2.37. The number of allylic oxidation sites excluding steroid dienone is 2. The molecule has 3 heteroatoms. The van der Waals surface area contributed by atoms with Gasteiger partial charge in [0, 0.05) is 44.9 Å². The molecule has 9 aromatic rings. The van der Waals surface area contributed by atoms with E-state index < -0.39 is 0 Å². The number of aryl methyl sites for hydroxylation is 2. The first kappa shape index (κ1) is 36.0. The molecule has 1 aromatic heterocycles. The number of hydrogen-bond donors (Lipinski definition) is 0. The molecule has 1 aliphatic carbocycles. The van der Waals surface area contributed by atoms with Crippen LogP contribution in [0.15, 0.2) is 218 Å². The first-order chi connectivity index (χ1) is 29.1. The molecule has 1 atom stereocenters. The Bertz CT molecular complexity index is 2980. The van der Waals surface area contributed by atoms with E-state index in [1.807, 2.05) is 0 Å². The van der Waals surface area contributed by atoms with Gasteiger partial charge in [-0.25, -0.2) is 0 Å². The Hall–Kier alpha value is -7.36. The van der Waals surface area contributed by atoms with Crippen molar-refractivity contribution in [2.75, 3.05) is 9.80 Å². The minimum atomic E-state index is 0.171. The highest BCUT2D eigenvalue weighted by molar-refractivity contribution is 6.10. The zero-order valence-electron chi connectivity index (χ0n) is 33.4. The zero-order valence-corrected chi connectivity index (χ0v) is 33.4. The van der Waals surface area contributed by atoms with Gasteiger partial charge in [0.1, 0.15) is 0 Å². The normalized spacial score (nSPS) is 13.7. The molecular formula is C56H45N3. The van der Waals surface area contributed by atoms with Gasteiger partial charge in [-0.2, -0.15) is 0 Å². The van der Waals surface area contributed by atoms with E-state index in [9.17, 15) is 0 Å². The van der Waals surface area contributed by atoms with Gasteiger partial charge >= 0.3 is 0 Å². The van der Waals surface area contributed by atoms with Gasteiger partial charge in [-0.05, 0) is 139 Å². The van der Waals surface area contributed by atoms with Crippen LogP contribution < -0.4 is 9.80 Å². The lowest BCUT2D eigenvalue weighted by molar-refractivity contribution is 0.787. The van der Waals surface area contributed by atoms with E-state index in [4.69, 9.17) is 0 Å². The summed E-state index contributed by atoms with van der Waals surface area (Å²) in [5, 5.41) is 2.47. The van der Waals surface area contributed by atoms with Gasteiger partial charge in [-0.3, -0.25) is 0 Å². The summed E-state index contributed by atoms with van der Waals surface area (Å²) in [6.07, 6.45) is 7.97. The van der Waals surface area contributed by atoms with Crippen molar-refractivity contribution in [1.29, 1.82) is 0 Å². The van der Waals surface area contributed by atoms with Gasteiger partial charge < -0.3 is 14.4 Å². The predicted octanol–water partition coefficient (Wildman–Crippen LogP) is 15.1.